The highest BCUT2D eigenvalue weighted by Gasteiger charge is 2.34. The molecule has 1 aliphatic heterocycles. The van der Waals surface area contributed by atoms with E-state index < -0.39 is 18.0 Å². The molecule has 1 aliphatic rings. The van der Waals surface area contributed by atoms with Gasteiger partial charge in [0.2, 0.25) is 0 Å². The van der Waals surface area contributed by atoms with Crippen molar-refractivity contribution in [1.82, 2.24) is 4.57 Å². The number of hydrogen-bond acceptors (Lipinski definition) is 8. The Bertz CT molecular complexity index is 1600. The average molecular weight is 561 g/mol. The molecule has 0 spiro atoms. The van der Waals surface area contributed by atoms with Gasteiger partial charge in [-0.1, -0.05) is 46.7 Å². The highest BCUT2D eigenvalue weighted by atomic mass is 35.5. The second kappa shape index (κ2) is 10.9. The Balaban J connectivity index is 1.98. The van der Waals surface area contributed by atoms with Crippen molar-refractivity contribution in [3.8, 4) is 11.5 Å². The molecule has 0 fully saturated rings. The molecule has 37 heavy (non-hydrogen) atoms. The second-order valence-corrected chi connectivity index (χ2v) is 9.77. The number of carbonyl (C=O) groups excluding carboxylic acids is 2. The third-order valence-electron chi connectivity index (χ3n) is 5.55. The number of fused-ring (bicyclic) bond motifs is 1. The molecule has 0 bridgehead atoms. The Hall–Kier alpha value is -3.40. The maximum Gasteiger partial charge on any atom is 0.338 e. The number of carbonyl (C=O) groups is 2. The van der Waals surface area contributed by atoms with E-state index in [9.17, 15) is 14.4 Å². The first-order valence-corrected chi connectivity index (χ1v) is 12.7. The van der Waals surface area contributed by atoms with E-state index in [1.807, 2.05) is 0 Å². The van der Waals surface area contributed by atoms with Gasteiger partial charge in [-0.05, 0) is 49.8 Å². The molecule has 0 aliphatic carbocycles. The number of aromatic nitrogens is 1. The van der Waals surface area contributed by atoms with Gasteiger partial charge in [-0.2, -0.15) is 0 Å². The molecule has 0 saturated heterocycles. The minimum atomic E-state index is -0.876. The van der Waals surface area contributed by atoms with Crippen molar-refractivity contribution in [3.05, 3.63) is 88.5 Å². The average Bonchev–Trinajstić information content (AvgIpc) is 3.15. The molecule has 2 heterocycles. The second-order valence-electron chi connectivity index (χ2n) is 7.94. The number of nitrogens with zero attached hydrogens (tertiary/aromatic N) is 2. The monoisotopic (exact) mass is 560 g/mol. The summed E-state index contributed by atoms with van der Waals surface area (Å²) < 4.78 is 17.7. The zero-order valence-corrected chi connectivity index (χ0v) is 22.7. The smallest absolute Gasteiger partial charge is 0.338 e. The van der Waals surface area contributed by atoms with E-state index in [-0.39, 0.29) is 29.2 Å². The Labute approximate surface area is 226 Å². The number of benzene rings is 2. The molecule has 11 heteroatoms. The molecule has 0 amide bonds. The largest absolute Gasteiger partial charge is 0.493 e. The molecule has 8 nitrogen and oxygen atoms in total. The molecule has 1 atom stereocenters. The number of methoxy groups -OCH3 is 1. The Morgan fingerprint density at radius 2 is 1.86 bits per heavy atom. The Morgan fingerprint density at radius 3 is 2.49 bits per heavy atom. The zero-order valence-electron chi connectivity index (χ0n) is 20.3. The molecule has 1 aromatic heterocycles. The molecular weight excluding hydrogens is 539 g/mol. The maximum absolute atomic E-state index is 13.7. The van der Waals surface area contributed by atoms with Crippen LogP contribution in [0.15, 0.2) is 57.5 Å². The van der Waals surface area contributed by atoms with Gasteiger partial charge in [-0.3, -0.25) is 14.2 Å². The summed E-state index contributed by atoms with van der Waals surface area (Å²) in [6.45, 7) is 4.81. The third-order valence-corrected chi connectivity index (χ3v) is 7.19. The SMILES string of the molecule is CCOC(=O)C1=C(C)N=c2s/c(=C\c3c(Cl)cccc3Cl)c(=O)n2[C@@H]1c1ccc(OC(C)=O)c(OC)c1. The van der Waals surface area contributed by atoms with Crippen molar-refractivity contribution in [2.75, 3.05) is 13.7 Å². The summed E-state index contributed by atoms with van der Waals surface area (Å²) in [4.78, 5) is 43.3. The van der Waals surface area contributed by atoms with Crippen molar-refractivity contribution in [3.63, 3.8) is 0 Å². The highest BCUT2D eigenvalue weighted by Crippen LogP contribution is 2.36. The normalized spacial score (nSPS) is 15.2. The number of allylic oxidation sites excluding steroid dienone is 1. The van der Waals surface area contributed by atoms with Gasteiger partial charge in [0, 0.05) is 22.5 Å². The van der Waals surface area contributed by atoms with E-state index in [1.165, 1.54) is 18.6 Å². The van der Waals surface area contributed by atoms with Crippen LogP contribution in [0.25, 0.3) is 6.08 Å². The number of esters is 2. The van der Waals surface area contributed by atoms with Crippen molar-refractivity contribution < 1.29 is 23.8 Å². The van der Waals surface area contributed by atoms with E-state index in [4.69, 9.17) is 37.4 Å². The van der Waals surface area contributed by atoms with Gasteiger partial charge in [0.1, 0.15) is 0 Å². The number of thiazole rings is 1. The Kier molecular flexibility index (Phi) is 7.87. The third kappa shape index (κ3) is 5.20. The van der Waals surface area contributed by atoms with E-state index in [0.29, 0.717) is 36.2 Å². The van der Waals surface area contributed by atoms with Crippen molar-refractivity contribution in [1.29, 1.82) is 0 Å². The fourth-order valence-electron chi connectivity index (χ4n) is 3.98. The number of halogens is 2. The minimum Gasteiger partial charge on any atom is -0.493 e. The van der Waals surface area contributed by atoms with Crippen LogP contribution >= 0.6 is 34.5 Å². The summed E-state index contributed by atoms with van der Waals surface area (Å²) in [5.41, 5.74) is 1.27. The lowest BCUT2D eigenvalue weighted by atomic mass is 9.95. The van der Waals surface area contributed by atoms with Crippen molar-refractivity contribution >= 4 is 52.6 Å². The lowest BCUT2D eigenvalue weighted by Crippen LogP contribution is -2.40. The summed E-state index contributed by atoms with van der Waals surface area (Å²) in [5, 5.41) is 0.785. The molecular formula is C26H22Cl2N2O6S. The van der Waals surface area contributed by atoms with Crippen LogP contribution < -0.4 is 24.4 Å². The van der Waals surface area contributed by atoms with Crippen LogP contribution in [0.3, 0.4) is 0 Å². The van der Waals surface area contributed by atoms with Gasteiger partial charge in [0.05, 0.1) is 35.6 Å². The summed E-state index contributed by atoms with van der Waals surface area (Å²) in [6, 6.07) is 9.02. The molecule has 192 valence electrons. The fraction of sp³-hybridized carbons (Fsp3) is 0.231. The van der Waals surface area contributed by atoms with E-state index >= 15 is 0 Å². The molecule has 2 aromatic carbocycles. The first-order chi connectivity index (χ1) is 17.7. The predicted molar refractivity (Wildman–Crippen MR) is 141 cm³/mol. The van der Waals surface area contributed by atoms with Gasteiger partial charge in [-0.15, -0.1) is 0 Å². The van der Waals surface area contributed by atoms with Crippen LogP contribution in [0.1, 0.15) is 37.9 Å². The quantitative estimate of drug-likeness (QED) is 0.333. The summed E-state index contributed by atoms with van der Waals surface area (Å²) in [5.74, 6) is -0.645. The molecule has 3 aromatic rings. The first kappa shape index (κ1) is 26.7. The molecule has 0 unspecified atom stereocenters. The summed E-state index contributed by atoms with van der Waals surface area (Å²) >= 11 is 13.8. The van der Waals surface area contributed by atoms with E-state index in [1.54, 1.807) is 56.3 Å². The van der Waals surface area contributed by atoms with Gasteiger partial charge < -0.3 is 14.2 Å². The molecule has 4 rings (SSSR count). The zero-order chi connectivity index (χ0) is 26.9. The number of hydrogen-bond donors (Lipinski definition) is 0. The lowest BCUT2D eigenvalue weighted by molar-refractivity contribution is -0.139. The van der Waals surface area contributed by atoms with Crippen LogP contribution in [0.4, 0.5) is 0 Å². The predicted octanol–water partition coefficient (Wildman–Crippen LogP) is 4.04. The lowest BCUT2D eigenvalue weighted by Gasteiger charge is -2.25. The van der Waals surface area contributed by atoms with Gasteiger partial charge >= 0.3 is 11.9 Å². The summed E-state index contributed by atoms with van der Waals surface area (Å²) in [6.07, 6.45) is 1.61. The van der Waals surface area contributed by atoms with Crippen molar-refractivity contribution in [2.45, 2.75) is 26.8 Å². The number of rotatable bonds is 6. The maximum atomic E-state index is 13.7. The Morgan fingerprint density at radius 1 is 1.16 bits per heavy atom. The fourth-order valence-corrected chi connectivity index (χ4v) is 5.51. The van der Waals surface area contributed by atoms with Crippen molar-refractivity contribution in [2.24, 2.45) is 4.99 Å². The highest BCUT2D eigenvalue weighted by molar-refractivity contribution is 7.07. The van der Waals surface area contributed by atoms with Crippen LogP contribution in [0, 0.1) is 0 Å². The standard InChI is InChI=1S/C26H22Cl2N2O6S/c1-5-35-25(33)22-13(2)29-26-30(23(22)15-9-10-19(36-14(3)31)20(11-15)34-4)24(32)21(37-26)12-16-17(27)7-6-8-18(16)28/h6-12,23H,5H2,1-4H3/b21-12-/t23-/m1/s1. The minimum absolute atomic E-state index is 0.145. The summed E-state index contributed by atoms with van der Waals surface area (Å²) in [7, 11) is 1.43. The topological polar surface area (TPSA) is 96.2 Å². The van der Waals surface area contributed by atoms with Crippen LogP contribution in [-0.2, 0) is 14.3 Å². The van der Waals surface area contributed by atoms with E-state index in [0.717, 1.165) is 11.3 Å². The van der Waals surface area contributed by atoms with Crippen LogP contribution in [0.5, 0.6) is 11.5 Å². The van der Waals surface area contributed by atoms with Gasteiger partial charge in [0.25, 0.3) is 5.56 Å². The molecule has 0 saturated carbocycles. The van der Waals surface area contributed by atoms with Crippen LogP contribution in [-0.4, -0.2) is 30.2 Å². The number of ether oxygens (including phenoxy) is 3. The van der Waals surface area contributed by atoms with Gasteiger partial charge in [-0.25, -0.2) is 9.79 Å². The molecule has 0 N–H and O–H groups in total. The first-order valence-electron chi connectivity index (χ1n) is 11.2. The van der Waals surface area contributed by atoms with E-state index in [2.05, 4.69) is 4.99 Å². The van der Waals surface area contributed by atoms with Gasteiger partial charge in [0.15, 0.2) is 16.3 Å². The van der Waals surface area contributed by atoms with Crippen LogP contribution in [0.2, 0.25) is 10.0 Å². The molecule has 0 radical (unpaired) electrons.